The summed E-state index contributed by atoms with van der Waals surface area (Å²) < 4.78 is 32.8. The quantitative estimate of drug-likeness (QED) is 0.220. The number of aromatic hydroxyl groups is 1. The lowest BCUT2D eigenvalue weighted by atomic mass is 10.0. The van der Waals surface area contributed by atoms with Crippen LogP contribution in [0.4, 0.5) is 14.5 Å². The molecule has 0 saturated carbocycles. The van der Waals surface area contributed by atoms with Crippen molar-refractivity contribution in [2.24, 2.45) is 0 Å². The Hall–Kier alpha value is -4.71. The van der Waals surface area contributed by atoms with Gasteiger partial charge in [0.25, 0.3) is 5.91 Å². The van der Waals surface area contributed by atoms with Gasteiger partial charge in [-0.3, -0.25) is 19.1 Å². The molecule has 0 radical (unpaired) electrons. The van der Waals surface area contributed by atoms with Gasteiger partial charge in [-0.25, -0.2) is 13.8 Å². The molecule has 2 amide bonds. The number of aryl methyl sites for hydroxylation is 1. The Morgan fingerprint density at radius 1 is 1.11 bits per heavy atom. The standard InChI is InChI=1S/C32H32F2N6O3S/c1-6-23(42)38-12-14-39(15-13-38)29-19-16-21(34)27(24-20(33)8-7-9-22(24)41)37-30(19)40(32(44)25(29)31(43)35-5)28-18(4)10-11-36-26(28)17(2)3/h6-11,16-17,41H,1,12-15H2,2-5H3,(H,35,43). The number of anilines is 1. The number of hydrogen-bond acceptors (Lipinski definition) is 7. The molecule has 1 saturated heterocycles. The van der Waals surface area contributed by atoms with Crippen molar-refractivity contribution in [3.05, 3.63) is 82.3 Å². The van der Waals surface area contributed by atoms with Crippen LogP contribution in [0.2, 0.25) is 0 Å². The van der Waals surface area contributed by atoms with E-state index in [1.54, 1.807) is 21.7 Å². The van der Waals surface area contributed by atoms with Crippen LogP contribution in [0.3, 0.4) is 0 Å². The van der Waals surface area contributed by atoms with Gasteiger partial charge in [0.05, 0.1) is 28.2 Å². The molecule has 1 aromatic carbocycles. The predicted octanol–water partition coefficient (Wildman–Crippen LogP) is 5.43. The lowest BCUT2D eigenvalue weighted by Crippen LogP contribution is -2.49. The molecule has 228 valence electrons. The maximum Gasteiger partial charge on any atom is 0.256 e. The highest BCUT2D eigenvalue weighted by molar-refractivity contribution is 7.71. The van der Waals surface area contributed by atoms with Crippen LogP contribution in [-0.4, -0.2) is 69.6 Å². The summed E-state index contributed by atoms with van der Waals surface area (Å²) in [5.41, 5.74) is 1.81. The van der Waals surface area contributed by atoms with E-state index in [1.165, 1.54) is 31.3 Å². The molecular weight excluding hydrogens is 586 g/mol. The van der Waals surface area contributed by atoms with E-state index in [9.17, 15) is 14.7 Å². The molecule has 5 rings (SSSR count). The monoisotopic (exact) mass is 618 g/mol. The highest BCUT2D eigenvalue weighted by Crippen LogP contribution is 2.40. The molecule has 4 aromatic rings. The average molecular weight is 619 g/mol. The first-order valence-corrected chi connectivity index (χ1v) is 14.5. The van der Waals surface area contributed by atoms with Crippen molar-refractivity contribution in [3.63, 3.8) is 0 Å². The maximum atomic E-state index is 16.1. The van der Waals surface area contributed by atoms with E-state index in [-0.39, 0.29) is 33.1 Å². The number of fused-ring (bicyclic) bond motifs is 1. The minimum Gasteiger partial charge on any atom is -0.507 e. The zero-order chi connectivity index (χ0) is 31.9. The van der Waals surface area contributed by atoms with Crippen molar-refractivity contribution >= 4 is 40.8 Å². The number of halogens is 2. The highest BCUT2D eigenvalue weighted by Gasteiger charge is 2.31. The fourth-order valence-corrected chi connectivity index (χ4v) is 5.99. The Morgan fingerprint density at radius 3 is 2.43 bits per heavy atom. The van der Waals surface area contributed by atoms with Crippen molar-refractivity contribution in [1.29, 1.82) is 0 Å². The number of hydrogen-bond donors (Lipinski definition) is 2. The number of carbonyl (C=O) groups is 2. The van der Waals surface area contributed by atoms with Crippen molar-refractivity contribution in [2.45, 2.75) is 26.7 Å². The summed E-state index contributed by atoms with van der Waals surface area (Å²) in [5.74, 6) is -3.02. The minimum atomic E-state index is -0.905. The van der Waals surface area contributed by atoms with Gasteiger partial charge in [-0.05, 0) is 48.7 Å². The summed E-state index contributed by atoms with van der Waals surface area (Å²) in [7, 11) is 1.48. The van der Waals surface area contributed by atoms with E-state index in [2.05, 4.69) is 21.9 Å². The highest BCUT2D eigenvalue weighted by atomic mass is 32.1. The van der Waals surface area contributed by atoms with Crippen LogP contribution in [0, 0.1) is 23.2 Å². The summed E-state index contributed by atoms with van der Waals surface area (Å²) in [6.45, 7) is 10.7. The van der Waals surface area contributed by atoms with Gasteiger partial charge in [0.1, 0.15) is 27.5 Å². The second-order valence-corrected chi connectivity index (χ2v) is 11.2. The van der Waals surface area contributed by atoms with E-state index in [0.717, 1.165) is 11.6 Å². The molecule has 1 aliphatic rings. The summed E-state index contributed by atoms with van der Waals surface area (Å²) in [6, 6.07) is 6.67. The SMILES string of the molecule is C=CC(=O)N1CCN(c2c(C(=O)NC)c(=S)n(-c3c(C)ccnc3C(C)C)c3nc(-c4c(O)cccc4F)c(F)cc23)CC1. The zero-order valence-electron chi connectivity index (χ0n) is 24.8. The van der Waals surface area contributed by atoms with E-state index >= 15 is 8.78 Å². The van der Waals surface area contributed by atoms with Crippen molar-refractivity contribution in [3.8, 4) is 22.7 Å². The van der Waals surface area contributed by atoms with Crippen LogP contribution in [0.15, 0.2) is 49.2 Å². The van der Waals surface area contributed by atoms with E-state index < -0.39 is 34.5 Å². The van der Waals surface area contributed by atoms with Crippen LogP contribution in [0.5, 0.6) is 5.75 Å². The van der Waals surface area contributed by atoms with Crippen LogP contribution in [-0.2, 0) is 4.79 Å². The van der Waals surface area contributed by atoms with Gasteiger partial charge in [-0.15, -0.1) is 0 Å². The molecule has 1 aliphatic heterocycles. The first-order valence-electron chi connectivity index (χ1n) is 14.1. The largest absolute Gasteiger partial charge is 0.507 e. The molecule has 0 aliphatic carbocycles. The second-order valence-electron chi connectivity index (χ2n) is 10.8. The molecule has 0 unspecified atom stereocenters. The van der Waals surface area contributed by atoms with Crippen molar-refractivity contribution < 1.29 is 23.5 Å². The van der Waals surface area contributed by atoms with Gasteiger partial charge >= 0.3 is 0 Å². The van der Waals surface area contributed by atoms with Crippen molar-refractivity contribution in [2.75, 3.05) is 38.1 Å². The van der Waals surface area contributed by atoms with Gasteiger partial charge in [0, 0.05) is 44.8 Å². The third kappa shape index (κ3) is 5.19. The number of benzene rings is 1. The Bertz CT molecular complexity index is 1860. The molecule has 3 aromatic heterocycles. The summed E-state index contributed by atoms with van der Waals surface area (Å²) >= 11 is 6.05. The van der Waals surface area contributed by atoms with Gasteiger partial charge in [0.2, 0.25) is 5.91 Å². The second kappa shape index (κ2) is 12.1. The van der Waals surface area contributed by atoms with E-state index in [4.69, 9.17) is 12.2 Å². The Morgan fingerprint density at radius 2 is 1.82 bits per heavy atom. The van der Waals surface area contributed by atoms with Crippen LogP contribution in [0.25, 0.3) is 28.0 Å². The van der Waals surface area contributed by atoms with Gasteiger partial charge < -0.3 is 20.2 Å². The molecule has 9 nitrogen and oxygen atoms in total. The molecule has 0 atom stereocenters. The number of pyridine rings is 3. The third-order valence-corrected chi connectivity index (χ3v) is 8.15. The normalized spacial score (nSPS) is 13.4. The molecule has 0 spiro atoms. The summed E-state index contributed by atoms with van der Waals surface area (Å²) in [6.07, 6.45) is 2.92. The number of rotatable bonds is 6. The molecule has 1 fully saturated rings. The fraction of sp³-hybridized carbons (Fsp3) is 0.281. The van der Waals surface area contributed by atoms with E-state index in [0.29, 0.717) is 43.2 Å². The first-order chi connectivity index (χ1) is 21.0. The minimum absolute atomic E-state index is 0.0732. The molecule has 12 heteroatoms. The molecular formula is C32H32F2N6O3S. The smallest absolute Gasteiger partial charge is 0.256 e. The number of phenolic OH excluding ortho intramolecular Hbond substituents is 1. The molecule has 2 N–H and O–H groups in total. The number of carbonyl (C=O) groups excluding carboxylic acids is 2. The van der Waals surface area contributed by atoms with Gasteiger partial charge in [-0.2, -0.15) is 0 Å². The summed E-state index contributed by atoms with van der Waals surface area (Å²) in [5, 5.41) is 13.5. The van der Waals surface area contributed by atoms with E-state index in [1.807, 2.05) is 25.7 Å². The topological polar surface area (TPSA) is 104 Å². The Labute approximate surface area is 258 Å². The number of nitrogens with zero attached hydrogens (tertiary/aromatic N) is 5. The molecule has 0 bridgehead atoms. The maximum absolute atomic E-state index is 16.1. The molecule has 4 heterocycles. The number of nitrogens with one attached hydrogen (secondary N) is 1. The average Bonchev–Trinajstić information content (AvgIpc) is 3.00. The van der Waals surface area contributed by atoms with Crippen LogP contribution in [0.1, 0.15) is 41.4 Å². The first kappa shape index (κ1) is 30.7. The van der Waals surface area contributed by atoms with Crippen molar-refractivity contribution in [1.82, 2.24) is 24.8 Å². The van der Waals surface area contributed by atoms with Gasteiger partial charge in [0.15, 0.2) is 5.82 Å². The summed E-state index contributed by atoms with van der Waals surface area (Å²) in [4.78, 5) is 38.6. The number of amides is 2. The third-order valence-electron chi connectivity index (χ3n) is 7.77. The van der Waals surface area contributed by atoms with Crippen LogP contribution < -0.4 is 10.2 Å². The fourth-order valence-electron chi connectivity index (χ4n) is 5.62. The van der Waals surface area contributed by atoms with Gasteiger partial charge in [-0.1, -0.05) is 38.7 Å². The number of piperazine rings is 1. The number of aromatic nitrogens is 3. The Balaban J connectivity index is 1.93. The Kier molecular flexibility index (Phi) is 8.46. The predicted molar refractivity (Wildman–Crippen MR) is 168 cm³/mol. The van der Waals surface area contributed by atoms with Crippen LogP contribution >= 0.6 is 12.2 Å². The zero-order valence-corrected chi connectivity index (χ0v) is 25.6. The molecule has 44 heavy (non-hydrogen) atoms. The number of phenols is 1. The lowest BCUT2D eigenvalue weighted by molar-refractivity contribution is -0.126. The lowest BCUT2D eigenvalue weighted by Gasteiger charge is -2.37.